The van der Waals surface area contributed by atoms with Gasteiger partial charge in [0.15, 0.2) is 0 Å². The Morgan fingerprint density at radius 3 is 2.50 bits per heavy atom. The van der Waals surface area contributed by atoms with Crippen LogP contribution < -0.4 is 16.8 Å². The van der Waals surface area contributed by atoms with E-state index in [0.29, 0.717) is 24.9 Å². The SMILES string of the molecule is NCc1ccc(-c2cccc(C(=O)NCC3(O)CC(N)C3)c2)cc1. The van der Waals surface area contributed by atoms with Crippen LogP contribution in [0, 0.1) is 0 Å². The highest BCUT2D eigenvalue weighted by Gasteiger charge is 2.40. The smallest absolute Gasteiger partial charge is 0.251 e. The number of benzene rings is 2. The summed E-state index contributed by atoms with van der Waals surface area (Å²) in [7, 11) is 0. The highest BCUT2D eigenvalue weighted by Crippen LogP contribution is 2.30. The molecule has 1 amide bonds. The molecular formula is C19H23N3O2. The van der Waals surface area contributed by atoms with Crippen molar-refractivity contribution < 1.29 is 9.90 Å². The van der Waals surface area contributed by atoms with E-state index in [0.717, 1.165) is 16.7 Å². The van der Waals surface area contributed by atoms with Crippen LogP contribution in [0.25, 0.3) is 11.1 Å². The van der Waals surface area contributed by atoms with Crippen molar-refractivity contribution in [1.82, 2.24) is 5.32 Å². The minimum absolute atomic E-state index is 0.0340. The maximum atomic E-state index is 12.3. The molecule has 0 aromatic heterocycles. The maximum absolute atomic E-state index is 12.3. The van der Waals surface area contributed by atoms with Crippen molar-refractivity contribution in [1.29, 1.82) is 0 Å². The lowest BCUT2D eigenvalue weighted by Crippen LogP contribution is -2.57. The van der Waals surface area contributed by atoms with Crippen LogP contribution in [0.15, 0.2) is 48.5 Å². The number of carbonyl (C=O) groups is 1. The Labute approximate surface area is 141 Å². The van der Waals surface area contributed by atoms with E-state index in [1.165, 1.54) is 0 Å². The highest BCUT2D eigenvalue weighted by atomic mass is 16.3. The van der Waals surface area contributed by atoms with Crippen molar-refractivity contribution in [2.75, 3.05) is 6.54 Å². The van der Waals surface area contributed by atoms with Gasteiger partial charge in [-0.25, -0.2) is 0 Å². The summed E-state index contributed by atoms with van der Waals surface area (Å²) in [6.45, 7) is 0.740. The Morgan fingerprint density at radius 2 is 1.88 bits per heavy atom. The fourth-order valence-electron chi connectivity index (χ4n) is 3.08. The summed E-state index contributed by atoms with van der Waals surface area (Å²) in [4.78, 5) is 12.3. The summed E-state index contributed by atoms with van der Waals surface area (Å²) in [6, 6.07) is 15.4. The lowest BCUT2D eigenvalue weighted by molar-refractivity contribution is -0.0430. The molecule has 126 valence electrons. The van der Waals surface area contributed by atoms with Crippen LogP contribution in [0.5, 0.6) is 0 Å². The third-order valence-corrected chi connectivity index (χ3v) is 4.51. The summed E-state index contributed by atoms with van der Waals surface area (Å²) in [5, 5.41) is 13.0. The molecule has 6 N–H and O–H groups in total. The average molecular weight is 325 g/mol. The Balaban J connectivity index is 1.69. The number of amides is 1. The fraction of sp³-hybridized carbons (Fsp3) is 0.316. The van der Waals surface area contributed by atoms with Gasteiger partial charge in [0.25, 0.3) is 5.91 Å². The van der Waals surface area contributed by atoms with Gasteiger partial charge in [0.1, 0.15) is 0 Å². The quantitative estimate of drug-likeness (QED) is 0.667. The number of hydrogen-bond acceptors (Lipinski definition) is 4. The molecule has 3 rings (SSSR count). The summed E-state index contributed by atoms with van der Waals surface area (Å²) in [5.74, 6) is -0.190. The van der Waals surface area contributed by atoms with Gasteiger partial charge in [-0.1, -0.05) is 36.4 Å². The zero-order valence-electron chi connectivity index (χ0n) is 13.5. The van der Waals surface area contributed by atoms with Gasteiger partial charge in [-0.2, -0.15) is 0 Å². The zero-order chi connectivity index (χ0) is 17.2. The van der Waals surface area contributed by atoms with Gasteiger partial charge in [0.2, 0.25) is 0 Å². The molecule has 5 heteroatoms. The van der Waals surface area contributed by atoms with Gasteiger partial charge >= 0.3 is 0 Å². The third-order valence-electron chi connectivity index (χ3n) is 4.51. The van der Waals surface area contributed by atoms with Crippen molar-refractivity contribution in [3.63, 3.8) is 0 Å². The van der Waals surface area contributed by atoms with Crippen molar-refractivity contribution >= 4 is 5.91 Å². The first-order valence-electron chi connectivity index (χ1n) is 8.15. The number of hydrogen-bond donors (Lipinski definition) is 4. The number of carbonyl (C=O) groups excluding carboxylic acids is 1. The van der Waals surface area contributed by atoms with E-state index in [-0.39, 0.29) is 18.5 Å². The summed E-state index contributed by atoms with van der Waals surface area (Å²) < 4.78 is 0. The van der Waals surface area contributed by atoms with Gasteiger partial charge in [-0.3, -0.25) is 4.79 Å². The van der Waals surface area contributed by atoms with Crippen LogP contribution in [0.1, 0.15) is 28.8 Å². The van der Waals surface area contributed by atoms with E-state index in [4.69, 9.17) is 11.5 Å². The lowest BCUT2D eigenvalue weighted by atomic mass is 9.76. The molecule has 24 heavy (non-hydrogen) atoms. The van der Waals surface area contributed by atoms with Crippen LogP contribution >= 0.6 is 0 Å². The molecule has 0 spiro atoms. The number of rotatable bonds is 5. The van der Waals surface area contributed by atoms with Gasteiger partial charge in [0, 0.05) is 24.7 Å². The van der Waals surface area contributed by atoms with E-state index in [1.807, 2.05) is 42.5 Å². The molecule has 0 radical (unpaired) electrons. The Kier molecular flexibility index (Phi) is 4.66. The molecule has 0 aliphatic heterocycles. The first kappa shape index (κ1) is 16.6. The molecule has 5 nitrogen and oxygen atoms in total. The van der Waals surface area contributed by atoms with Crippen molar-refractivity contribution in [2.24, 2.45) is 11.5 Å². The molecule has 2 aromatic carbocycles. The van der Waals surface area contributed by atoms with Crippen LogP contribution in [0.4, 0.5) is 0 Å². The molecule has 0 atom stereocenters. The second-order valence-corrected chi connectivity index (χ2v) is 6.56. The van der Waals surface area contributed by atoms with Crippen molar-refractivity contribution in [3.8, 4) is 11.1 Å². The normalized spacial score (nSPS) is 22.7. The molecule has 1 saturated carbocycles. The number of nitrogens with one attached hydrogen (secondary N) is 1. The minimum atomic E-state index is -0.856. The van der Waals surface area contributed by atoms with Gasteiger partial charge in [0.05, 0.1) is 5.60 Å². The van der Waals surface area contributed by atoms with E-state index in [1.54, 1.807) is 6.07 Å². The summed E-state index contributed by atoms with van der Waals surface area (Å²) in [6.07, 6.45) is 1.06. The average Bonchev–Trinajstić information content (AvgIpc) is 2.59. The van der Waals surface area contributed by atoms with E-state index in [9.17, 15) is 9.90 Å². The van der Waals surface area contributed by atoms with Crippen molar-refractivity contribution in [3.05, 3.63) is 59.7 Å². The molecule has 0 saturated heterocycles. The van der Waals surface area contributed by atoms with Gasteiger partial charge < -0.3 is 21.9 Å². The summed E-state index contributed by atoms with van der Waals surface area (Å²) in [5.41, 5.74) is 14.1. The van der Waals surface area contributed by atoms with Gasteiger partial charge in [-0.05, 0) is 41.7 Å². The molecule has 0 bridgehead atoms. The molecule has 1 aliphatic carbocycles. The predicted octanol–water partition coefficient (Wildman–Crippen LogP) is 1.39. The second kappa shape index (κ2) is 6.73. The van der Waals surface area contributed by atoms with E-state index < -0.39 is 5.60 Å². The van der Waals surface area contributed by atoms with E-state index >= 15 is 0 Å². The maximum Gasteiger partial charge on any atom is 0.251 e. The minimum Gasteiger partial charge on any atom is -0.388 e. The van der Waals surface area contributed by atoms with Crippen LogP contribution in [0.3, 0.4) is 0 Å². The Morgan fingerprint density at radius 1 is 1.17 bits per heavy atom. The Bertz CT molecular complexity index is 722. The van der Waals surface area contributed by atoms with Crippen molar-refractivity contribution in [2.45, 2.75) is 31.0 Å². The monoisotopic (exact) mass is 325 g/mol. The number of nitrogens with two attached hydrogens (primary N) is 2. The first-order valence-corrected chi connectivity index (χ1v) is 8.15. The number of aliphatic hydroxyl groups is 1. The third kappa shape index (κ3) is 3.64. The highest BCUT2D eigenvalue weighted by molar-refractivity contribution is 5.95. The summed E-state index contributed by atoms with van der Waals surface area (Å²) >= 11 is 0. The first-order chi connectivity index (χ1) is 11.5. The second-order valence-electron chi connectivity index (χ2n) is 6.56. The molecule has 0 heterocycles. The fourth-order valence-corrected chi connectivity index (χ4v) is 3.08. The lowest BCUT2D eigenvalue weighted by Gasteiger charge is -2.41. The van der Waals surface area contributed by atoms with Crippen LogP contribution in [-0.2, 0) is 6.54 Å². The zero-order valence-corrected chi connectivity index (χ0v) is 13.5. The van der Waals surface area contributed by atoms with Crippen LogP contribution in [-0.4, -0.2) is 29.2 Å². The van der Waals surface area contributed by atoms with Crippen LogP contribution in [0.2, 0.25) is 0 Å². The molecule has 2 aromatic rings. The van der Waals surface area contributed by atoms with Gasteiger partial charge in [-0.15, -0.1) is 0 Å². The molecule has 1 fully saturated rings. The molecular weight excluding hydrogens is 302 g/mol. The standard InChI is InChI=1S/C19H23N3O2/c20-11-13-4-6-14(7-5-13)15-2-1-3-16(8-15)18(23)22-12-19(24)9-17(21)10-19/h1-8,17,24H,9-12,20-21H2,(H,22,23). The Hall–Kier alpha value is -2.21. The predicted molar refractivity (Wildman–Crippen MR) is 94.3 cm³/mol. The molecule has 0 unspecified atom stereocenters. The topological polar surface area (TPSA) is 101 Å². The molecule has 1 aliphatic rings. The van der Waals surface area contributed by atoms with E-state index in [2.05, 4.69) is 5.32 Å². The largest absolute Gasteiger partial charge is 0.388 e.